The third kappa shape index (κ3) is 4.29. The molecule has 35 heavy (non-hydrogen) atoms. The Balaban J connectivity index is 1.18. The lowest BCUT2D eigenvalue weighted by molar-refractivity contribution is 0.0306. The Hall–Kier alpha value is -3.00. The fourth-order valence-corrected chi connectivity index (χ4v) is 6.99. The van der Waals surface area contributed by atoms with Crippen LogP contribution in [0.25, 0.3) is 22.0 Å². The van der Waals surface area contributed by atoms with Crippen molar-refractivity contribution in [1.29, 1.82) is 0 Å². The molecule has 0 saturated carbocycles. The summed E-state index contributed by atoms with van der Waals surface area (Å²) in [5, 5.41) is 7.33. The van der Waals surface area contributed by atoms with Crippen molar-refractivity contribution in [2.24, 2.45) is 13.0 Å². The molecule has 0 radical (unpaired) electrons. The summed E-state index contributed by atoms with van der Waals surface area (Å²) in [5.74, 6) is 0.948. The van der Waals surface area contributed by atoms with Gasteiger partial charge in [0.15, 0.2) is 0 Å². The summed E-state index contributed by atoms with van der Waals surface area (Å²) in [6.07, 6.45) is 2.14. The van der Waals surface area contributed by atoms with Gasteiger partial charge in [0.05, 0.1) is 10.6 Å². The highest BCUT2D eigenvalue weighted by molar-refractivity contribution is 7.89. The fraction of sp³-hybridized carbons (Fsp3) is 0.321. The molecule has 7 heteroatoms. The zero-order valence-electron chi connectivity index (χ0n) is 19.8. The summed E-state index contributed by atoms with van der Waals surface area (Å²) < 4.78 is 30.3. The number of piperidine rings is 3. The van der Waals surface area contributed by atoms with Gasteiger partial charge in [-0.2, -0.15) is 5.10 Å². The maximum Gasteiger partial charge on any atom is 0.240 e. The van der Waals surface area contributed by atoms with E-state index in [0.29, 0.717) is 23.3 Å². The van der Waals surface area contributed by atoms with Gasteiger partial charge in [0.1, 0.15) is 0 Å². The van der Waals surface area contributed by atoms with Crippen molar-refractivity contribution in [3.8, 4) is 11.3 Å². The van der Waals surface area contributed by atoms with Crippen molar-refractivity contribution in [2.75, 3.05) is 19.6 Å². The molecule has 0 spiro atoms. The van der Waals surface area contributed by atoms with Crippen LogP contribution in [0.2, 0.25) is 0 Å². The average Bonchev–Trinajstić information content (AvgIpc) is 3.29. The maximum absolute atomic E-state index is 12.7. The maximum atomic E-state index is 12.7. The molecule has 4 aromatic rings. The molecule has 0 amide bonds. The molecule has 0 aliphatic carbocycles. The molecule has 1 N–H and O–H groups in total. The number of aryl methyl sites for hydroxylation is 1. The Morgan fingerprint density at radius 2 is 1.74 bits per heavy atom. The van der Waals surface area contributed by atoms with Gasteiger partial charge in [-0.25, -0.2) is 13.1 Å². The minimum absolute atomic E-state index is 0.233. The first-order chi connectivity index (χ1) is 17.0. The van der Waals surface area contributed by atoms with E-state index in [2.05, 4.69) is 58.2 Å². The van der Waals surface area contributed by atoms with Crippen molar-refractivity contribution < 1.29 is 8.42 Å². The minimum Gasteiger partial charge on any atom is -0.298 e. The van der Waals surface area contributed by atoms with Gasteiger partial charge in [-0.15, -0.1) is 0 Å². The fourth-order valence-electron chi connectivity index (χ4n) is 5.89. The molecule has 1 aromatic heterocycles. The SMILES string of the molecule is Cn1nc(-c2ccc3ccccc3c2)cc1[C@@H]1CN2CC[C@H]1C[C@@H]2CNS(=O)(=O)c1ccccc1. The number of fused-ring (bicyclic) bond motifs is 4. The van der Waals surface area contributed by atoms with E-state index in [9.17, 15) is 8.42 Å². The number of nitrogens with zero attached hydrogens (tertiary/aromatic N) is 3. The second kappa shape index (κ2) is 8.90. The van der Waals surface area contributed by atoms with E-state index < -0.39 is 10.0 Å². The highest BCUT2D eigenvalue weighted by atomic mass is 32.2. The number of hydrogen-bond acceptors (Lipinski definition) is 4. The van der Waals surface area contributed by atoms with Crippen LogP contribution in [0.5, 0.6) is 0 Å². The van der Waals surface area contributed by atoms with Crippen molar-refractivity contribution in [2.45, 2.75) is 29.7 Å². The third-order valence-electron chi connectivity index (χ3n) is 7.78. The van der Waals surface area contributed by atoms with Crippen LogP contribution >= 0.6 is 0 Å². The Morgan fingerprint density at radius 3 is 2.51 bits per heavy atom. The van der Waals surface area contributed by atoms with Crippen LogP contribution in [0.15, 0.2) is 83.8 Å². The molecule has 4 atom stereocenters. The number of aromatic nitrogens is 2. The van der Waals surface area contributed by atoms with E-state index in [1.165, 1.54) is 16.5 Å². The van der Waals surface area contributed by atoms with Gasteiger partial charge in [-0.1, -0.05) is 54.6 Å². The second-order valence-electron chi connectivity index (χ2n) is 9.84. The van der Waals surface area contributed by atoms with Crippen LogP contribution in [0.1, 0.15) is 24.5 Å². The van der Waals surface area contributed by atoms with Crippen LogP contribution in [-0.4, -0.2) is 48.8 Å². The minimum atomic E-state index is -3.48. The number of benzene rings is 3. The van der Waals surface area contributed by atoms with Gasteiger partial charge >= 0.3 is 0 Å². The Labute approximate surface area is 206 Å². The first-order valence-corrected chi connectivity index (χ1v) is 13.8. The summed E-state index contributed by atoms with van der Waals surface area (Å²) in [4.78, 5) is 2.78. The molecule has 180 valence electrons. The third-order valence-corrected chi connectivity index (χ3v) is 9.22. The zero-order chi connectivity index (χ0) is 24.0. The van der Waals surface area contributed by atoms with E-state index in [0.717, 1.165) is 37.2 Å². The standard InChI is InChI=1S/C28H30N4O2S/c1-31-28(17-27(30-31)23-12-11-20-7-5-6-8-21(20)15-23)26-19-32-14-13-22(26)16-24(32)18-29-35(33,34)25-9-3-2-4-10-25/h2-12,15,17,22,24,26,29H,13-14,16,18-19H2,1H3/t22-,24+,26+/m0/s1. The van der Waals surface area contributed by atoms with Gasteiger partial charge in [0.2, 0.25) is 10.0 Å². The van der Waals surface area contributed by atoms with Gasteiger partial charge in [0, 0.05) is 43.4 Å². The summed E-state index contributed by atoms with van der Waals surface area (Å²) in [6, 6.07) is 26.0. The first kappa shape index (κ1) is 22.5. The molecule has 6 nitrogen and oxygen atoms in total. The summed E-state index contributed by atoms with van der Waals surface area (Å²) >= 11 is 0. The van der Waals surface area contributed by atoms with Gasteiger partial charge in [-0.05, 0) is 60.3 Å². The molecule has 7 rings (SSSR count). The monoisotopic (exact) mass is 486 g/mol. The summed E-state index contributed by atoms with van der Waals surface area (Å²) in [6.45, 7) is 2.42. The molecule has 3 aliphatic rings. The molecule has 3 aliphatic heterocycles. The van der Waals surface area contributed by atoms with E-state index >= 15 is 0 Å². The van der Waals surface area contributed by atoms with Crippen molar-refractivity contribution in [3.05, 3.63) is 84.6 Å². The lowest BCUT2D eigenvalue weighted by atomic mass is 9.74. The first-order valence-electron chi connectivity index (χ1n) is 12.3. The Morgan fingerprint density at radius 1 is 0.971 bits per heavy atom. The Kier molecular flexibility index (Phi) is 5.71. The van der Waals surface area contributed by atoms with Gasteiger partial charge in [0.25, 0.3) is 0 Å². The van der Waals surface area contributed by atoms with E-state index in [1.807, 2.05) is 17.8 Å². The van der Waals surface area contributed by atoms with Crippen molar-refractivity contribution in [1.82, 2.24) is 19.4 Å². The molecule has 2 bridgehead atoms. The highest BCUT2D eigenvalue weighted by Gasteiger charge is 2.42. The lowest BCUT2D eigenvalue weighted by Crippen LogP contribution is -2.56. The number of hydrogen-bond donors (Lipinski definition) is 1. The predicted octanol–water partition coefficient (Wildman–Crippen LogP) is 4.40. The smallest absolute Gasteiger partial charge is 0.240 e. The molecule has 1 unspecified atom stereocenters. The topological polar surface area (TPSA) is 67.2 Å². The highest BCUT2D eigenvalue weighted by Crippen LogP contribution is 2.42. The summed E-state index contributed by atoms with van der Waals surface area (Å²) in [5.41, 5.74) is 3.42. The van der Waals surface area contributed by atoms with E-state index in [1.54, 1.807) is 24.3 Å². The van der Waals surface area contributed by atoms with Crippen molar-refractivity contribution in [3.63, 3.8) is 0 Å². The number of sulfonamides is 1. The largest absolute Gasteiger partial charge is 0.298 e. The van der Waals surface area contributed by atoms with Crippen LogP contribution in [0, 0.1) is 5.92 Å². The lowest BCUT2D eigenvalue weighted by Gasteiger charge is -2.49. The van der Waals surface area contributed by atoms with Crippen LogP contribution < -0.4 is 4.72 Å². The average molecular weight is 487 g/mol. The quantitative estimate of drug-likeness (QED) is 0.439. The molecule has 4 heterocycles. The van der Waals surface area contributed by atoms with E-state index in [-0.39, 0.29) is 6.04 Å². The molecular formula is C28H30N4O2S. The second-order valence-corrected chi connectivity index (χ2v) is 11.6. The Bertz CT molecular complexity index is 1460. The molecular weight excluding hydrogens is 456 g/mol. The number of nitrogens with one attached hydrogen (secondary N) is 1. The predicted molar refractivity (Wildman–Crippen MR) is 139 cm³/mol. The summed E-state index contributed by atoms with van der Waals surface area (Å²) in [7, 11) is -1.44. The normalized spacial score (nSPS) is 24.1. The van der Waals surface area contributed by atoms with Crippen LogP contribution in [0.4, 0.5) is 0 Å². The van der Waals surface area contributed by atoms with Crippen molar-refractivity contribution >= 4 is 20.8 Å². The van der Waals surface area contributed by atoms with Crippen LogP contribution in [-0.2, 0) is 17.1 Å². The van der Waals surface area contributed by atoms with Gasteiger partial charge < -0.3 is 0 Å². The van der Waals surface area contributed by atoms with Crippen LogP contribution in [0.3, 0.4) is 0 Å². The van der Waals surface area contributed by atoms with Gasteiger partial charge in [-0.3, -0.25) is 9.58 Å². The molecule has 3 aromatic carbocycles. The number of rotatable bonds is 6. The zero-order valence-corrected chi connectivity index (χ0v) is 20.7. The molecule has 3 fully saturated rings. The van der Waals surface area contributed by atoms with E-state index in [4.69, 9.17) is 5.10 Å². The molecule has 3 saturated heterocycles.